The van der Waals surface area contributed by atoms with E-state index in [9.17, 15) is 4.79 Å². The van der Waals surface area contributed by atoms with Gasteiger partial charge in [0, 0.05) is 10.7 Å². The van der Waals surface area contributed by atoms with Crippen LogP contribution in [0.5, 0.6) is 0 Å². The molecule has 0 unspecified atom stereocenters. The maximum Gasteiger partial charge on any atom is 0.259 e. The number of rotatable bonds is 5. The molecular formula is C17H18ClN3O. The molecule has 0 aliphatic rings. The first-order valence-electron chi connectivity index (χ1n) is 6.94. The molecule has 0 bridgehead atoms. The Labute approximate surface area is 135 Å². The van der Waals surface area contributed by atoms with E-state index in [2.05, 4.69) is 15.8 Å². The molecule has 0 saturated carbocycles. The number of nitrogens with zero attached hydrogens (tertiary/aromatic N) is 1. The number of benzene rings is 2. The standard InChI is InChI=1S/C17H18ClN3O/c1-12-3-9-16(10-4-12)19-11-17(22)21-20-13(2)14-5-7-15(18)8-6-14/h3-10,19H,11H2,1-2H3,(H,21,22)/b20-13-. The Morgan fingerprint density at radius 3 is 2.36 bits per heavy atom. The lowest BCUT2D eigenvalue weighted by atomic mass is 10.1. The molecule has 0 radical (unpaired) electrons. The maximum absolute atomic E-state index is 11.8. The summed E-state index contributed by atoms with van der Waals surface area (Å²) in [7, 11) is 0. The van der Waals surface area contributed by atoms with E-state index in [-0.39, 0.29) is 12.5 Å². The molecule has 4 nitrogen and oxygen atoms in total. The molecule has 2 N–H and O–H groups in total. The van der Waals surface area contributed by atoms with Crippen LogP contribution in [0, 0.1) is 6.92 Å². The Morgan fingerprint density at radius 1 is 1.09 bits per heavy atom. The average Bonchev–Trinajstić information content (AvgIpc) is 2.52. The normalized spacial score (nSPS) is 11.1. The first-order chi connectivity index (χ1) is 10.5. The molecule has 22 heavy (non-hydrogen) atoms. The molecule has 5 heteroatoms. The fourth-order valence-corrected chi connectivity index (χ4v) is 1.92. The van der Waals surface area contributed by atoms with Gasteiger partial charge in [0.05, 0.1) is 12.3 Å². The van der Waals surface area contributed by atoms with Crippen molar-refractivity contribution >= 4 is 28.9 Å². The Balaban J connectivity index is 1.85. The third-order valence-electron chi connectivity index (χ3n) is 3.11. The van der Waals surface area contributed by atoms with Crippen molar-refractivity contribution in [1.82, 2.24) is 5.43 Å². The van der Waals surface area contributed by atoms with E-state index < -0.39 is 0 Å². The van der Waals surface area contributed by atoms with Gasteiger partial charge in [-0.3, -0.25) is 4.79 Å². The molecule has 0 fully saturated rings. The van der Waals surface area contributed by atoms with Crippen LogP contribution < -0.4 is 10.7 Å². The molecular weight excluding hydrogens is 298 g/mol. The van der Waals surface area contributed by atoms with Crippen LogP contribution in [0.15, 0.2) is 53.6 Å². The summed E-state index contributed by atoms with van der Waals surface area (Å²) < 4.78 is 0. The molecule has 0 atom stereocenters. The van der Waals surface area contributed by atoms with E-state index >= 15 is 0 Å². The van der Waals surface area contributed by atoms with E-state index in [1.54, 1.807) is 12.1 Å². The van der Waals surface area contributed by atoms with Crippen LogP contribution in [0.25, 0.3) is 0 Å². The molecule has 114 valence electrons. The molecule has 1 amide bonds. The van der Waals surface area contributed by atoms with Gasteiger partial charge in [-0.15, -0.1) is 0 Å². The fraction of sp³-hybridized carbons (Fsp3) is 0.176. The van der Waals surface area contributed by atoms with Gasteiger partial charge in [-0.1, -0.05) is 41.4 Å². The minimum Gasteiger partial charge on any atom is -0.376 e. The molecule has 0 aliphatic carbocycles. The van der Waals surface area contributed by atoms with Crippen molar-refractivity contribution in [3.05, 3.63) is 64.7 Å². The number of carbonyl (C=O) groups excluding carboxylic acids is 1. The summed E-state index contributed by atoms with van der Waals surface area (Å²) in [5.41, 5.74) is 6.25. The van der Waals surface area contributed by atoms with Crippen LogP contribution in [0.2, 0.25) is 5.02 Å². The third-order valence-corrected chi connectivity index (χ3v) is 3.37. The van der Waals surface area contributed by atoms with Gasteiger partial charge in [0.2, 0.25) is 0 Å². The van der Waals surface area contributed by atoms with E-state index in [1.165, 1.54) is 5.56 Å². The molecule has 0 spiro atoms. The minimum absolute atomic E-state index is 0.167. The summed E-state index contributed by atoms with van der Waals surface area (Å²) in [5, 5.41) is 7.80. The van der Waals surface area contributed by atoms with Crippen molar-refractivity contribution in [2.24, 2.45) is 5.10 Å². The predicted octanol–water partition coefficient (Wildman–Crippen LogP) is 3.60. The molecule has 2 aromatic carbocycles. The molecule has 0 saturated heterocycles. The number of hydrogen-bond donors (Lipinski definition) is 2. The molecule has 0 aliphatic heterocycles. The number of anilines is 1. The largest absolute Gasteiger partial charge is 0.376 e. The topological polar surface area (TPSA) is 53.5 Å². The van der Waals surface area contributed by atoms with Gasteiger partial charge in [-0.25, -0.2) is 5.43 Å². The Hall–Kier alpha value is -2.33. The van der Waals surface area contributed by atoms with Crippen LogP contribution in [-0.4, -0.2) is 18.2 Å². The zero-order valence-electron chi connectivity index (χ0n) is 12.6. The van der Waals surface area contributed by atoms with E-state index in [0.717, 1.165) is 17.0 Å². The van der Waals surface area contributed by atoms with Crippen LogP contribution in [0.3, 0.4) is 0 Å². The summed E-state index contributed by atoms with van der Waals surface area (Å²) in [6, 6.07) is 15.1. The van der Waals surface area contributed by atoms with Crippen LogP contribution in [0.4, 0.5) is 5.69 Å². The van der Waals surface area contributed by atoms with Crippen molar-refractivity contribution in [1.29, 1.82) is 0 Å². The van der Waals surface area contributed by atoms with Crippen molar-refractivity contribution < 1.29 is 4.79 Å². The Bertz CT molecular complexity index is 663. The molecule has 0 heterocycles. The zero-order chi connectivity index (χ0) is 15.9. The van der Waals surface area contributed by atoms with Gasteiger partial charge >= 0.3 is 0 Å². The first kappa shape index (κ1) is 16.0. The number of carbonyl (C=O) groups is 1. The van der Waals surface area contributed by atoms with E-state index in [0.29, 0.717) is 5.02 Å². The first-order valence-corrected chi connectivity index (χ1v) is 7.32. The monoisotopic (exact) mass is 315 g/mol. The predicted molar refractivity (Wildman–Crippen MR) is 91.5 cm³/mol. The molecule has 2 rings (SSSR count). The van der Waals surface area contributed by atoms with Gasteiger partial charge in [0.25, 0.3) is 5.91 Å². The average molecular weight is 316 g/mol. The lowest BCUT2D eigenvalue weighted by Gasteiger charge is -2.06. The number of halogens is 1. The smallest absolute Gasteiger partial charge is 0.259 e. The summed E-state index contributed by atoms with van der Waals surface area (Å²) in [4.78, 5) is 11.8. The quantitative estimate of drug-likeness (QED) is 0.654. The number of hydrazone groups is 1. The van der Waals surface area contributed by atoms with Gasteiger partial charge in [-0.05, 0) is 43.7 Å². The second-order valence-corrected chi connectivity index (χ2v) is 5.40. The van der Waals surface area contributed by atoms with Crippen molar-refractivity contribution in [3.63, 3.8) is 0 Å². The second-order valence-electron chi connectivity index (χ2n) is 4.96. The number of hydrogen-bond acceptors (Lipinski definition) is 3. The highest BCUT2D eigenvalue weighted by molar-refractivity contribution is 6.30. The highest BCUT2D eigenvalue weighted by Gasteiger charge is 2.01. The highest BCUT2D eigenvalue weighted by Crippen LogP contribution is 2.10. The van der Waals surface area contributed by atoms with Gasteiger partial charge in [-0.2, -0.15) is 5.10 Å². The van der Waals surface area contributed by atoms with E-state index in [1.807, 2.05) is 50.2 Å². The van der Waals surface area contributed by atoms with Crippen molar-refractivity contribution in [3.8, 4) is 0 Å². The number of amides is 1. The zero-order valence-corrected chi connectivity index (χ0v) is 13.3. The third kappa shape index (κ3) is 4.90. The summed E-state index contributed by atoms with van der Waals surface area (Å²) in [6.45, 7) is 4.02. The summed E-state index contributed by atoms with van der Waals surface area (Å²) in [5.74, 6) is -0.200. The lowest BCUT2D eigenvalue weighted by molar-refractivity contribution is -0.119. The van der Waals surface area contributed by atoms with Gasteiger partial charge in [0.1, 0.15) is 0 Å². The number of nitrogens with one attached hydrogen (secondary N) is 2. The SMILES string of the molecule is C/C(=N/NC(=O)CNc1ccc(C)cc1)c1ccc(Cl)cc1. The summed E-state index contributed by atoms with van der Waals surface area (Å²) >= 11 is 5.84. The van der Waals surface area contributed by atoms with Gasteiger partial charge in [0.15, 0.2) is 0 Å². The highest BCUT2D eigenvalue weighted by atomic mass is 35.5. The van der Waals surface area contributed by atoms with Crippen molar-refractivity contribution in [2.75, 3.05) is 11.9 Å². The summed E-state index contributed by atoms with van der Waals surface area (Å²) in [6.07, 6.45) is 0. The minimum atomic E-state index is -0.200. The second kappa shape index (κ2) is 7.61. The van der Waals surface area contributed by atoms with Crippen LogP contribution in [0.1, 0.15) is 18.1 Å². The Kier molecular flexibility index (Phi) is 5.55. The molecule has 2 aromatic rings. The number of aryl methyl sites for hydroxylation is 1. The lowest BCUT2D eigenvalue weighted by Crippen LogP contribution is -2.26. The fourth-order valence-electron chi connectivity index (χ4n) is 1.80. The van der Waals surface area contributed by atoms with Crippen LogP contribution >= 0.6 is 11.6 Å². The molecule has 0 aromatic heterocycles. The van der Waals surface area contributed by atoms with E-state index in [4.69, 9.17) is 11.6 Å². The van der Waals surface area contributed by atoms with Gasteiger partial charge < -0.3 is 5.32 Å². The van der Waals surface area contributed by atoms with Crippen molar-refractivity contribution in [2.45, 2.75) is 13.8 Å². The maximum atomic E-state index is 11.8. The Morgan fingerprint density at radius 2 is 1.73 bits per heavy atom. The van der Waals surface area contributed by atoms with Crippen LogP contribution in [-0.2, 0) is 4.79 Å².